The molecule has 2 aliphatic rings. The van der Waals surface area contributed by atoms with Gasteiger partial charge in [0.15, 0.2) is 5.65 Å². The Morgan fingerprint density at radius 3 is 2.49 bits per heavy atom. The summed E-state index contributed by atoms with van der Waals surface area (Å²) in [5, 5.41) is 5.71. The largest absolute Gasteiger partial charge is 0.457 e. The summed E-state index contributed by atoms with van der Waals surface area (Å²) in [6.45, 7) is 3.19. The van der Waals surface area contributed by atoms with Gasteiger partial charge in [0.2, 0.25) is 0 Å². The fourth-order valence-corrected chi connectivity index (χ4v) is 5.22. The van der Waals surface area contributed by atoms with E-state index in [1.54, 1.807) is 6.92 Å². The lowest BCUT2D eigenvalue weighted by molar-refractivity contribution is -0.147. The van der Waals surface area contributed by atoms with Crippen molar-refractivity contribution in [2.24, 2.45) is 5.41 Å². The van der Waals surface area contributed by atoms with Gasteiger partial charge in [-0.25, -0.2) is 14.6 Å². The molecular weight excluding hydrogens is 440 g/mol. The number of aromatic nitrogens is 4. The van der Waals surface area contributed by atoms with Gasteiger partial charge in [-0.1, -0.05) is 24.1 Å². The van der Waals surface area contributed by atoms with Crippen molar-refractivity contribution in [3.05, 3.63) is 60.9 Å². The molecule has 1 amide bonds. The average molecular weight is 465 g/mol. The lowest BCUT2D eigenvalue weighted by atomic mass is 9.60. The zero-order valence-electron chi connectivity index (χ0n) is 19.3. The zero-order valence-corrected chi connectivity index (χ0v) is 19.3. The molecule has 2 aromatic carbocycles. The first kappa shape index (κ1) is 21.2. The quantitative estimate of drug-likeness (QED) is 0.458. The molecule has 0 bridgehead atoms. The molecule has 0 atom stereocenters. The first-order valence-corrected chi connectivity index (χ1v) is 11.6. The van der Waals surface area contributed by atoms with Crippen molar-refractivity contribution in [2.75, 3.05) is 18.8 Å². The number of fused-ring (bicyclic) bond motifs is 1. The molecule has 6 rings (SSSR count). The van der Waals surface area contributed by atoms with Crippen molar-refractivity contribution in [1.82, 2.24) is 24.6 Å². The Bertz CT molecular complexity index is 1470. The molecule has 35 heavy (non-hydrogen) atoms. The Kier molecular flexibility index (Phi) is 4.92. The van der Waals surface area contributed by atoms with Gasteiger partial charge in [-0.2, -0.15) is 5.10 Å². The number of anilines is 1. The standard InChI is InChI=1S/C27H24N6O2/c1-2-6-22(34)32-15-27(16-32)13-19(14-27)33-26-23(25(28)29-17-30-26)24(31-33)18-9-11-21(12-10-18)35-20-7-4-3-5-8-20/h3-5,7-12,17,19H,13-16H2,1H3,(H2,28,29,30). The highest BCUT2D eigenvalue weighted by atomic mass is 16.5. The van der Waals surface area contributed by atoms with Gasteiger partial charge in [0.25, 0.3) is 5.91 Å². The van der Waals surface area contributed by atoms with Crippen molar-refractivity contribution >= 4 is 22.8 Å². The summed E-state index contributed by atoms with van der Waals surface area (Å²) in [6.07, 6.45) is 3.37. The maximum atomic E-state index is 12.0. The third-order valence-corrected chi connectivity index (χ3v) is 6.88. The van der Waals surface area contributed by atoms with E-state index < -0.39 is 0 Å². The van der Waals surface area contributed by atoms with Gasteiger partial charge in [0, 0.05) is 24.1 Å². The van der Waals surface area contributed by atoms with Gasteiger partial charge in [-0.3, -0.25) is 4.79 Å². The van der Waals surface area contributed by atoms with E-state index in [1.807, 2.05) is 64.2 Å². The van der Waals surface area contributed by atoms with Crippen LogP contribution >= 0.6 is 0 Å². The van der Waals surface area contributed by atoms with Crippen LogP contribution < -0.4 is 10.5 Å². The summed E-state index contributed by atoms with van der Waals surface area (Å²) in [5.41, 5.74) is 8.85. The summed E-state index contributed by atoms with van der Waals surface area (Å²) in [4.78, 5) is 22.6. The molecule has 174 valence electrons. The maximum Gasteiger partial charge on any atom is 0.298 e. The average Bonchev–Trinajstić information content (AvgIpc) is 3.19. The van der Waals surface area contributed by atoms with Crippen LogP contribution in [0.5, 0.6) is 11.5 Å². The van der Waals surface area contributed by atoms with Crippen molar-refractivity contribution in [3.63, 3.8) is 0 Å². The molecule has 0 unspecified atom stereocenters. The molecule has 2 N–H and O–H groups in total. The van der Waals surface area contributed by atoms with E-state index in [0.29, 0.717) is 5.82 Å². The Morgan fingerprint density at radius 1 is 1.06 bits per heavy atom. The van der Waals surface area contributed by atoms with Crippen molar-refractivity contribution < 1.29 is 9.53 Å². The molecule has 2 aromatic heterocycles. The third-order valence-electron chi connectivity index (χ3n) is 6.88. The molecule has 0 radical (unpaired) electrons. The summed E-state index contributed by atoms with van der Waals surface area (Å²) >= 11 is 0. The van der Waals surface area contributed by atoms with E-state index >= 15 is 0 Å². The van der Waals surface area contributed by atoms with E-state index in [9.17, 15) is 4.79 Å². The fourth-order valence-electron chi connectivity index (χ4n) is 5.22. The van der Waals surface area contributed by atoms with E-state index in [0.717, 1.165) is 59.7 Å². The lowest BCUT2D eigenvalue weighted by Gasteiger charge is -2.58. The SMILES string of the molecule is CC#CC(=O)N1CC2(CC(n3nc(-c4ccc(Oc5ccccc5)cc4)c4c(N)ncnc43)C2)C1. The van der Waals surface area contributed by atoms with Gasteiger partial charge >= 0.3 is 0 Å². The highest BCUT2D eigenvalue weighted by molar-refractivity contribution is 5.98. The Labute approximate surface area is 202 Å². The predicted octanol–water partition coefficient (Wildman–Crippen LogP) is 4.05. The molecule has 4 aromatic rings. The monoisotopic (exact) mass is 464 g/mol. The van der Waals surface area contributed by atoms with Crippen molar-refractivity contribution in [1.29, 1.82) is 0 Å². The van der Waals surface area contributed by atoms with Crippen LogP contribution in [0, 0.1) is 17.3 Å². The minimum atomic E-state index is -0.0893. The topological polar surface area (TPSA) is 99.2 Å². The van der Waals surface area contributed by atoms with Gasteiger partial charge in [0.1, 0.15) is 29.3 Å². The number of para-hydroxylation sites is 1. The molecule has 3 heterocycles. The van der Waals surface area contributed by atoms with E-state index in [-0.39, 0.29) is 17.4 Å². The number of nitrogen functional groups attached to an aromatic ring is 1. The molecule has 8 heteroatoms. The van der Waals surface area contributed by atoms with Crippen LogP contribution in [-0.2, 0) is 4.79 Å². The van der Waals surface area contributed by atoms with E-state index in [2.05, 4.69) is 21.8 Å². The number of carbonyl (C=O) groups excluding carboxylic acids is 1. The minimum absolute atomic E-state index is 0.0893. The number of likely N-dealkylation sites (tertiary alicyclic amines) is 1. The number of hydrogen-bond donors (Lipinski definition) is 1. The second kappa shape index (κ2) is 8.13. The normalized spacial score (nSPS) is 16.3. The highest BCUT2D eigenvalue weighted by Gasteiger charge is 2.54. The van der Waals surface area contributed by atoms with Crippen LogP contribution in [0.3, 0.4) is 0 Å². The van der Waals surface area contributed by atoms with Crippen LogP contribution in [0.4, 0.5) is 5.82 Å². The Balaban J connectivity index is 1.25. The predicted molar refractivity (Wildman–Crippen MR) is 132 cm³/mol. The number of hydrogen-bond acceptors (Lipinski definition) is 6. The van der Waals surface area contributed by atoms with Gasteiger partial charge in [-0.05, 0) is 62.1 Å². The van der Waals surface area contributed by atoms with E-state index in [4.69, 9.17) is 15.6 Å². The van der Waals surface area contributed by atoms with Crippen LogP contribution in [0.2, 0.25) is 0 Å². The Morgan fingerprint density at radius 2 is 1.77 bits per heavy atom. The van der Waals surface area contributed by atoms with Crippen LogP contribution in [0.15, 0.2) is 60.9 Å². The molecular formula is C27H24N6O2. The van der Waals surface area contributed by atoms with Gasteiger partial charge in [0.05, 0.1) is 11.4 Å². The van der Waals surface area contributed by atoms with Crippen LogP contribution in [0.1, 0.15) is 25.8 Å². The summed E-state index contributed by atoms with van der Waals surface area (Å²) in [7, 11) is 0. The first-order valence-electron chi connectivity index (χ1n) is 11.6. The summed E-state index contributed by atoms with van der Waals surface area (Å²) in [6, 6.07) is 17.7. The Hall–Kier alpha value is -4.38. The molecule has 1 aliphatic heterocycles. The summed E-state index contributed by atoms with van der Waals surface area (Å²) < 4.78 is 7.91. The molecule has 1 spiro atoms. The number of nitrogens with zero attached hydrogens (tertiary/aromatic N) is 5. The maximum absolute atomic E-state index is 12.0. The molecule has 8 nitrogen and oxygen atoms in total. The second-order valence-corrected chi connectivity index (χ2v) is 9.29. The first-order chi connectivity index (χ1) is 17.0. The van der Waals surface area contributed by atoms with E-state index in [1.165, 1.54) is 6.33 Å². The molecule has 1 saturated heterocycles. The molecule has 2 fully saturated rings. The number of nitrogens with two attached hydrogens (primary N) is 1. The summed E-state index contributed by atoms with van der Waals surface area (Å²) in [5.74, 6) is 7.15. The number of amides is 1. The second-order valence-electron chi connectivity index (χ2n) is 9.29. The molecule has 1 aliphatic carbocycles. The number of benzene rings is 2. The smallest absolute Gasteiger partial charge is 0.298 e. The minimum Gasteiger partial charge on any atom is -0.457 e. The highest BCUT2D eigenvalue weighted by Crippen LogP contribution is 2.54. The van der Waals surface area contributed by atoms with Crippen LogP contribution in [-0.4, -0.2) is 43.6 Å². The third kappa shape index (κ3) is 3.66. The number of ether oxygens (including phenoxy) is 1. The lowest BCUT2D eigenvalue weighted by Crippen LogP contribution is -2.63. The number of rotatable bonds is 4. The van der Waals surface area contributed by atoms with Crippen molar-refractivity contribution in [3.8, 4) is 34.6 Å². The van der Waals surface area contributed by atoms with Crippen LogP contribution in [0.25, 0.3) is 22.3 Å². The number of carbonyl (C=O) groups is 1. The van der Waals surface area contributed by atoms with Gasteiger partial charge in [-0.15, -0.1) is 0 Å². The fraction of sp³-hybridized carbons (Fsp3) is 0.259. The zero-order chi connectivity index (χ0) is 24.0. The van der Waals surface area contributed by atoms with Crippen molar-refractivity contribution in [2.45, 2.75) is 25.8 Å². The molecule has 1 saturated carbocycles. The van der Waals surface area contributed by atoms with Gasteiger partial charge < -0.3 is 15.4 Å².